The van der Waals surface area contributed by atoms with E-state index in [9.17, 15) is 0 Å². The molecule has 21 heavy (non-hydrogen) atoms. The Labute approximate surface area is 129 Å². The van der Waals surface area contributed by atoms with Gasteiger partial charge in [0.05, 0.1) is 6.10 Å². The van der Waals surface area contributed by atoms with Gasteiger partial charge in [-0.2, -0.15) is 0 Å². The van der Waals surface area contributed by atoms with Crippen LogP contribution < -0.4 is 5.32 Å². The van der Waals surface area contributed by atoms with Gasteiger partial charge in [-0.25, -0.2) is 0 Å². The second-order valence-electron chi connectivity index (χ2n) is 6.11. The second kappa shape index (κ2) is 8.52. The predicted molar refractivity (Wildman–Crippen MR) is 88.7 cm³/mol. The van der Waals surface area contributed by atoms with Crippen molar-refractivity contribution in [1.29, 1.82) is 0 Å². The van der Waals surface area contributed by atoms with Crippen molar-refractivity contribution in [3.8, 4) is 0 Å². The van der Waals surface area contributed by atoms with E-state index in [0.29, 0.717) is 12.1 Å². The lowest BCUT2D eigenvalue weighted by atomic mass is 10.0. The van der Waals surface area contributed by atoms with Crippen molar-refractivity contribution in [2.45, 2.75) is 45.3 Å². The molecule has 0 aliphatic carbocycles. The van der Waals surface area contributed by atoms with Gasteiger partial charge in [0.15, 0.2) is 0 Å². The van der Waals surface area contributed by atoms with E-state index in [4.69, 9.17) is 4.74 Å². The van der Waals surface area contributed by atoms with Crippen LogP contribution in [0.4, 0.5) is 0 Å². The first-order chi connectivity index (χ1) is 10.2. The summed E-state index contributed by atoms with van der Waals surface area (Å²) in [5.74, 6) is 0. The smallest absolute Gasteiger partial charge is 0.0698 e. The van der Waals surface area contributed by atoms with Gasteiger partial charge in [0.2, 0.25) is 0 Å². The zero-order chi connectivity index (χ0) is 15.1. The Hall–Kier alpha value is -0.900. The van der Waals surface area contributed by atoms with E-state index in [1.54, 1.807) is 0 Å². The minimum absolute atomic E-state index is 0.427. The molecule has 0 saturated carbocycles. The first-order valence-corrected chi connectivity index (χ1v) is 8.28. The Kier molecular flexibility index (Phi) is 6.68. The largest absolute Gasteiger partial charge is 0.380 e. The molecule has 3 heteroatoms. The number of rotatable bonds is 7. The molecule has 2 unspecified atom stereocenters. The maximum absolute atomic E-state index is 5.52. The number of ether oxygens (including phenoxy) is 1. The second-order valence-corrected chi connectivity index (χ2v) is 6.11. The highest BCUT2D eigenvalue weighted by molar-refractivity contribution is 5.24. The van der Waals surface area contributed by atoms with Crippen LogP contribution in [0.1, 0.15) is 43.4 Å². The molecule has 1 heterocycles. The minimum Gasteiger partial charge on any atom is -0.380 e. The van der Waals surface area contributed by atoms with Crippen LogP contribution in [-0.4, -0.2) is 44.3 Å². The summed E-state index contributed by atoms with van der Waals surface area (Å²) in [5.41, 5.74) is 2.73. The number of hydrogen-bond donors (Lipinski definition) is 1. The van der Waals surface area contributed by atoms with Crippen molar-refractivity contribution >= 4 is 0 Å². The molecule has 0 aromatic heterocycles. The fourth-order valence-corrected chi connectivity index (χ4v) is 3.15. The number of methoxy groups -OCH3 is 1. The average Bonchev–Trinajstić information content (AvgIpc) is 2.52. The quantitative estimate of drug-likeness (QED) is 0.835. The van der Waals surface area contributed by atoms with Crippen molar-refractivity contribution in [2.24, 2.45) is 0 Å². The molecule has 2 rings (SSSR count). The molecule has 1 N–H and O–H groups in total. The molecule has 1 aromatic carbocycles. The van der Waals surface area contributed by atoms with Crippen LogP contribution >= 0.6 is 0 Å². The maximum Gasteiger partial charge on any atom is 0.0698 e. The molecular weight excluding hydrogens is 260 g/mol. The van der Waals surface area contributed by atoms with Gasteiger partial charge >= 0.3 is 0 Å². The van der Waals surface area contributed by atoms with Gasteiger partial charge in [-0.1, -0.05) is 36.8 Å². The fourth-order valence-electron chi connectivity index (χ4n) is 3.15. The molecule has 1 aromatic rings. The number of likely N-dealkylation sites (tertiary alicyclic amines) is 1. The average molecular weight is 290 g/mol. The molecule has 2 atom stereocenters. The van der Waals surface area contributed by atoms with Gasteiger partial charge in [-0.3, -0.25) is 0 Å². The highest BCUT2D eigenvalue weighted by Crippen LogP contribution is 2.20. The van der Waals surface area contributed by atoms with Gasteiger partial charge < -0.3 is 15.0 Å². The third kappa shape index (κ3) is 5.10. The zero-order valence-electron chi connectivity index (χ0n) is 13.8. The molecular formula is C18H30N2O. The van der Waals surface area contributed by atoms with Crippen LogP contribution in [0.25, 0.3) is 0 Å². The molecule has 118 valence electrons. The molecule has 1 aliphatic heterocycles. The van der Waals surface area contributed by atoms with Gasteiger partial charge in [0.1, 0.15) is 0 Å². The molecule has 0 amide bonds. The van der Waals surface area contributed by atoms with Crippen LogP contribution in [-0.2, 0) is 4.74 Å². The summed E-state index contributed by atoms with van der Waals surface area (Å²) in [5, 5.41) is 3.63. The van der Waals surface area contributed by atoms with Gasteiger partial charge in [-0.15, -0.1) is 0 Å². The topological polar surface area (TPSA) is 24.5 Å². The third-order valence-electron chi connectivity index (χ3n) is 4.46. The first-order valence-electron chi connectivity index (χ1n) is 8.28. The van der Waals surface area contributed by atoms with Gasteiger partial charge in [0, 0.05) is 26.2 Å². The maximum atomic E-state index is 5.52. The van der Waals surface area contributed by atoms with Crippen molar-refractivity contribution in [3.63, 3.8) is 0 Å². The molecule has 0 bridgehead atoms. The monoisotopic (exact) mass is 290 g/mol. The summed E-state index contributed by atoms with van der Waals surface area (Å²) >= 11 is 0. The molecule has 1 aliphatic rings. The van der Waals surface area contributed by atoms with E-state index in [1.165, 1.54) is 30.5 Å². The fraction of sp³-hybridized carbons (Fsp3) is 0.667. The van der Waals surface area contributed by atoms with E-state index in [-0.39, 0.29) is 0 Å². The third-order valence-corrected chi connectivity index (χ3v) is 4.46. The lowest BCUT2D eigenvalue weighted by molar-refractivity contribution is 0.0301. The molecule has 3 nitrogen and oxygen atoms in total. The minimum atomic E-state index is 0.427. The van der Waals surface area contributed by atoms with E-state index in [0.717, 1.165) is 26.1 Å². The van der Waals surface area contributed by atoms with Crippen LogP contribution in [0.2, 0.25) is 0 Å². The first kappa shape index (κ1) is 16.5. The number of benzene rings is 1. The van der Waals surface area contributed by atoms with Crippen molar-refractivity contribution in [1.82, 2.24) is 10.2 Å². The Morgan fingerprint density at radius 1 is 1.33 bits per heavy atom. The molecule has 0 radical (unpaired) electrons. The van der Waals surface area contributed by atoms with Crippen molar-refractivity contribution in [3.05, 3.63) is 35.4 Å². The Morgan fingerprint density at radius 3 is 2.76 bits per heavy atom. The van der Waals surface area contributed by atoms with Crippen LogP contribution in [0, 0.1) is 6.92 Å². The van der Waals surface area contributed by atoms with E-state index in [2.05, 4.69) is 48.3 Å². The summed E-state index contributed by atoms with van der Waals surface area (Å²) in [6, 6.07) is 9.40. The number of piperidine rings is 1. The summed E-state index contributed by atoms with van der Waals surface area (Å²) in [4.78, 5) is 2.55. The Balaban J connectivity index is 1.89. The highest BCUT2D eigenvalue weighted by atomic mass is 16.5. The number of hydrogen-bond acceptors (Lipinski definition) is 3. The Morgan fingerprint density at radius 2 is 2.10 bits per heavy atom. The predicted octanol–water partition coefficient (Wildman–Crippen LogP) is 3.15. The molecule has 1 saturated heterocycles. The SMILES string of the molecule is CCNC(CCN1CCCC(OC)C1)c1ccc(C)cc1. The Bertz CT molecular complexity index is 404. The highest BCUT2D eigenvalue weighted by Gasteiger charge is 2.20. The molecule has 1 fully saturated rings. The van der Waals surface area contributed by atoms with Crippen LogP contribution in [0.5, 0.6) is 0 Å². The summed E-state index contributed by atoms with van der Waals surface area (Å²) < 4.78 is 5.52. The van der Waals surface area contributed by atoms with E-state index in [1.807, 2.05) is 7.11 Å². The van der Waals surface area contributed by atoms with Crippen molar-refractivity contribution < 1.29 is 4.74 Å². The molecule has 0 spiro atoms. The zero-order valence-corrected chi connectivity index (χ0v) is 13.8. The summed E-state index contributed by atoms with van der Waals surface area (Å²) in [6.07, 6.45) is 4.06. The normalized spacial score (nSPS) is 21.4. The van der Waals surface area contributed by atoms with Crippen molar-refractivity contribution in [2.75, 3.05) is 33.3 Å². The summed E-state index contributed by atoms with van der Waals surface area (Å²) in [6.45, 7) is 8.79. The van der Waals surface area contributed by atoms with E-state index < -0.39 is 0 Å². The number of nitrogens with zero attached hydrogens (tertiary/aromatic N) is 1. The number of nitrogens with one attached hydrogen (secondary N) is 1. The van der Waals surface area contributed by atoms with Crippen LogP contribution in [0.15, 0.2) is 24.3 Å². The van der Waals surface area contributed by atoms with E-state index >= 15 is 0 Å². The van der Waals surface area contributed by atoms with Crippen LogP contribution in [0.3, 0.4) is 0 Å². The van der Waals surface area contributed by atoms with Gasteiger partial charge in [0.25, 0.3) is 0 Å². The lowest BCUT2D eigenvalue weighted by Gasteiger charge is -2.33. The number of aryl methyl sites for hydroxylation is 1. The summed E-state index contributed by atoms with van der Waals surface area (Å²) in [7, 11) is 1.84. The van der Waals surface area contributed by atoms with Gasteiger partial charge in [-0.05, 0) is 44.8 Å². The lowest BCUT2D eigenvalue weighted by Crippen LogP contribution is -2.40. The standard InChI is InChI=1S/C18H30N2O/c1-4-19-18(16-9-7-15(2)8-10-16)11-13-20-12-5-6-17(14-20)21-3/h7-10,17-19H,4-6,11-14H2,1-3H3.